The third-order valence-electron chi connectivity index (χ3n) is 2.38. The molecular formula is C10H21N3O2S. The van der Waals surface area contributed by atoms with Gasteiger partial charge in [-0.2, -0.15) is 0 Å². The second-order valence-electron chi connectivity index (χ2n) is 4.98. The third kappa shape index (κ3) is 4.59. The van der Waals surface area contributed by atoms with Crippen molar-refractivity contribution in [2.45, 2.75) is 45.3 Å². The first-order valence-corrected chi connectivity index (χ1v) is 6.39. The lowest BCUT2D eigenvalue weighted by Crippen LogP contribution is -2.45. The molecule has 0 bridgehead atoms. The van der Waals surface area contributed by atoms with Gasteiger partial charge in [0.1, 0.15) is 5.60 Å². The standard InChI is InChI=1S/C10H21N3O2S/c1-10(2,3)15-9(14)13-6-4-8(5-7-13)12-16-11/h8,12H,4-7,11H2,1-3H3. The van der Waals surface area contributed by atoms with E-state index in [1.807, 2.05) is 20.8 Å². The van der Waals surface area contributed by atoms with Crippen molar-refractivity contribution < 1.29 is 9.53 Å². The van der Waals surface area contributed by atoms with Crippen molar-refractivity contribution in [3.63, 3.8) is 0 Å². The fourth-order valence-corrected chi connectivity index (χ4v) is 2.03. The molecule has 1 amide bonds. The van der Waals surface area contributed by atoms with Gasteiger partial charge in [0, 0.05) is 31.3 Å². The molecule has 0 aliphatic carbocycles. The molecule has 1 aliphatic rings. The maximum atomic E-state index is 11.7. The molecule has 1 rings (SSSR count). The Bertz CT molecular complexity index is 235. The third-order valence-corrected chi connectivity index (χ3v) is 2.85. The van der Waals surface area contributed by atoms with E-state index in [9.17, 15) is 4.79 Å². The first kappa shape index (κ1) is 13.6. The van der Waals surface area contributed by atoms with Crippen molar-refractivity contribution in [3.05, 3.63) is 0 Å². The Balaban J connectivity index is 2.33. The summed E-state index contributed by atoms with van der Waals surface area (Å²) < 4.78 is 8.42. The van der Waals surface area contributed by atoms with Crippen LogP contribution in [-0.2, 0) is 4.74 Å². The zero-order chi connectivity index (χ0) is 12.2. The molecule has 0 radical (unpaired) electrons. The van der Waals surface area contributed by atoms with Crippen molar-refractivity contribution in [1.29, 1.82) is 0 Å². The number of carbonyl (C=O) groups is 1. The molecule has 3 N–H and O–H groups in total. The Kier molecular flexibility index (Phi) is 4.89. The van der Waals surface area contributed by atoms with Gasteiger partial charge >= 0.3 is 6.09 Å². The molecule has 0 spiro atoms. The number of hydrogen-bond donors (Lipinski definition) is 2. The fraction of sp³-hybridized carbons (Fsp3) is 0.900. The number of rotatable bonds is 2. The highest BCUT2D eigenvalue weighted by molar-refractivity contribution is 7.95. The number of piperidine rings is 1. The van der Waals surface area contributed by atoms with Crippen LogP contribution in [0.5, 0.6) is 0 Å². The van der Waals surface area contributed by atoms with Gasteiger partial charge in [0.15, 0.2) is 0 Å². The van der Waals surface area contributed by atoms with Crippen molar-refractivity contribution >= 4 is 18.2 Å². The lowest BCUT2D eigenvalue weighted by molar-refractivity contribution is 0.0204. The summed E-state index contributed by atoms with van der Waals surface area (Å²) in [7, 11) is 0. The molecule has 5 nitrogen and oxygen atoms in total. The molecule has 0 aromatic rings. The van der Waals surface area contributed by atoms with Gasteiger partial charge in [-0.15, -0.1) is 0 Å². The second-order valence-corrected chi connectivity index (χ2v) is 5.45. The molecule has 1 fully saturated rings. The molecule has 0 saturated carbocycles. The summed E-state index contributed by atoms with van der Waals surface area (Å²) in [6, 6.07) is 0.397. The molecule has 0 aromatic carbocycles. The molecule has 0 unspecified atom stereocenters. The van der Waals surface area contributed by atoms with Crippen LogP contribution in [0.3, 0.4) is 0 Å². The van der Waals surface area contributed by atoms with E-state index in [-0.39, 0.29) is 6.09 Å². The minimum absolute atomic E-state index is 0.216. The molecule has 0 aromatic heterocycles. The minimum Gasteiger partial charge on any atom is -0.444 e. The van der Waals surface area contributed by atoms with E-state index in [1.54, 1.807) is 4.90 Å². The number of carbonyl (C=O) groups excluding carboxylic acids is 1. The average Bonchev–Trinajstić information content (AvgIpc) is 2.16. The second kappa shape index (κ2) is 5.75. The Hall–Kier alpha value is -0.460. The van der Waals surface area contributed by atoms with Gasteiger partial charge < -0.3 is 9.64 Å². The molecule has 16 heavy (non-hydrogen) atoms. The van der Waals surface area contributed by atoms with E-state index in [2.05, 4.69) is 4.72 Å². The Morgan fingerprint density at radius 2 is 2.00 bits per heavy atom. The highest BCUT2D eigenvalue weighted by Crippen LogP contribution is 2.15. The van der Waals surface area contributed by atoms with Crippen LogP contribution in [0.15, 0.2) is 0 Å². The molecule has 1 aliphatic heterocycles. The molecule has 0 atom stereocenters. The van der Waals surface area contributed by atoms with E-state index in [1.165, 1.54) is 0 Å². The zero-order valence-electron chi connectivity index (χ0n) is 10.2. The van der Waals surface area contributed by atoms with Crippen molar-refractivity contribution in [2.24, 2.45) is 5.14 Å². The zero-order valence-corrected chi connectivity index (χ0v) is 11.0. The number of nitrogens with two attached hydrogens (primary N) is 1. The Morgan fingerprint density at radius 1 is 1.44 bits per heavy atom. The van der Waals surface area contributed by atoms with Crippen molar-refractivity contribution in [1.82, 2.24) is 9.62 Å². The normalized spacial score (nSPS) is 18.6. The largest absolute Gasteiger partial charge is 0.444 e. The minimum atomic E-state index is -0.417. The van der Waals surface area contributed by atoms with Crippen LogP contribution >= 0.6 is 12.1 Å². The predicted octanol–water partition coefficient (Wildman–Crippen LogP) is 1.50. The Labute approximate surface area is 101 Å². The lowest BCUT2D eigenvalue weighted by Gasteiger charge is -2.33. The molecule has 6 heteroatoms. The number of hydrogen-bond acceptors (Lipinski definition) is 5. The van der Waals surface area contributed by atoms with Crippen LogP contribution in [0, 0.1) is 0 Å². The molecule has 1 heterocycles. The van der Waals surface area contributed by atoms with Crippen LogP contribution in [0.4, 0.5) is 4.79 Å². The number of nitrogens with one attached hydrogen (secondary N) is 1. The van der Waals surface area contributed by atoms with Gasteiger partial charge in [0.05, 0.1) is 0 Å². The van der Waals surface area contributed by atoms with Crippen LogP contribution in [0.25, 0.3) is 0 Å². The van der Waals surface area contributed by atoms with E-state index in [0.29, 0.717) is 6.04 Å². The topological polar surface area (TPSA) is 67.6 Å². The van der Waals surface area contributed by atoms with Crippen LogP contribution in [0.1, 0.15) is 33.6 Å². The van der Waals surface area contributed by atoms with E-state index >= 15 is 0 Å². The van der Waals surface area contributed by atoms with Crippen LogP contribution < -0.4 is 9.86 Å². The summed E-state index contributed by atoms with van der Waals surface area (Å²) in [5.41, 5.74) is -0.417. The van der Waals surface area contributed by atoms with Crippen molar-refractivity contribution in [3.8, 4) is 0 Å². The predicted molar refractivity (Wildman–Crippen MR) is 65.7 cm³/mol. The van der Waals surface area contributed by atoms with Gasteiger partial charge in [-0.3, -0.25) is 5.14 Å². The van der Waals surface area contributed by atoms with Gasteiger partial charge in [-0.25, -0.2) is 9.52 Å². The fourth-order valence-electron chi connectivity index (χ4n) is 1.60. The number of likely N-dealkylation sites (tertiary alicyclic amines) is 1. The summed E-state index contributed by atoms with van der Waals surface area (Å²) in [4.78, 5) is 13.5. The SMILES string of the molecule is CC(C)(C)OC(=O)N1CCC(NSN)CC1. The van der Waals surface area contributed by atoms with Crippen LogP contribution in [-0.4, -0.2) is 35.7 Å². The van der Waals surface area contributed by atoms with Crippen molar-refractivity contribution in [2.75, 3.05) is 13.1 Å². The monoisotopic (exact) mass is 247 g/mol. The Morgan fingerprint density at radius 3 is 2.44 bits per heavy atom. The van der Waals surface area contributed by atoms with E-state index in [0.717, 1.165) is 38.1 Å². The molecule has 1 saturated heterocycles. The first-order chi connectivity index (χ1) is 7.42. The van der Waals surface area contributed by atoms with Gasteiger partial charge in [-0.1, -0.05) is 0 Å². The van der Waals surface area contributed by atoms with Crippen LogP contribution in [0.2, 0.25) is 0 Å². The number of ether oxygens (including phenoxy) is 1. The summed E-state index contributed by atoms with van der Waals surface area (Å²) in [5, 5.41) is 5.34. The molecule has 94 valence electrons. The average molecular weight is 247 g/mol. The number of amides is 1. The van der Waals surface area contributed by atoms with E-state index < -0.39 is 5.60 Å². The van der Waals surface area contributed by atoms with E-state index in [4.69, 9.17) is 9.88 Å². The summed E-state index contributed by atoms with van der Waals surface area (Å²) >= 11 is 1.14. The molecular weight excluding hydrogens is 226 g/mol. The highest BCUT2D eigenvalue weighted by atomic mass is 32.2. The van der Waals surface area contributed by atoms with Gasteiger partial charge in [0.25, 0.3) is 0 Å². The first-order valence-electron chi connectivity index (χ1n) is 5.51. The quantitative estimate of drug-likeness (QED) is 0.724. The summed E-state index contributed by atoms with van der Waals surface area (Å²) in [5.74, 6) is 0. The maximum Gasteiger partial charge on any atom is 0.410 e. The number of nitrogens with zero attached hydrogens (tertiary/aromatic N) is 1. The summed E-state index contributed by atoms with van der Waals surface area (Å²) in [6.07, 6.45) is 1.62. The van der Waals surface area contributed by atoms with Gasteiger partial charge in [0.2, 0.25) is 0 Å². The van der Waals surface area contributed by atoms with Gasteiger partial charge in [-0.05, 0) is 33.6 Å². The highest BCUT2D eigenvalue weighted by Gasteiger charge is 2.26. The smallest absolute Gasteiger partial charge is 0.410 e. The summed E-state index contributed by atoms with van der Waals surface area (Å²) in [6.45, 7) is 7.10. The maximum absolute atomic E-state index is 11.7. The lowest BCUT2D eigenvalue weighted by atomic mass is 10.1.